The van der Waals surface area contributed by atoms with Crippen LogP contribution in [0.4, 0.5) is 5.69 Å². The molecule has 0 radical (unpaired) electrons. The third-order valence-corrected chi connectivity index (χ3v) is 4.54. The summed E-state index contributed by atoms with van der Waals surface area (Å²) in [7, 11) is 4.06. The number of hydrogen-bond donors (Lipinski definition) is 1. The summed E-state index contributed by atoms with van der Waals surface area (Å²) in [6.07, 6.45) is 3.69. The Labute approximate surface area is 149 Å². The molecule has 0 atom stereocenters. The summed E-state index contributed by atoms with van der Waals surface area (Å²) in [4.78, 5) is 21.0. The van der Waals surface area contributed by atoms with Crippen molar-refractivity contribution >= 4 is 11.6 Å². The molecule has 5 nitrogen and oxygen atoms in total. The predicted octanol–water partition coefficient (Wildman–Crippen LogP) is 2.33. The van der Waals surface area contributed by atoms with Gasteiger partial charge in [0.2, 0.25) is 0 Å². The lowest BCUT2D eigenvalue weighted by atomic mass is 9.99. The fourth-order valence-electron chi connectivity index (χ4n) is 3.14. The van der Waals surface area contributed by atoms with Crippen LogP contribution in [0.3, 0.4) is 0 Å². The molecule has 2 heterocycles. The number of rotatable bonds is 6. The Bertz CT molecular complexity index is 729. The lowest BCUT2D eigenvalue weighted by Crippen LogP contribution is -2.31. The summed E-state index contributed by atoms with van der Waals surface area (Å²) < 4.78 is 0. The first-order valence-electron chi connectivity index (χ1n) is 8.84. The normalized spacial score (nSPS) is 13.6. The number of carbonyl (C=O) groups is 1. The molecular formula is C20H26N4O. The summed E-state index contributed by atoms with van der Waals surface area (Å²) >= 11 is 0. The van der Waals surface area contributed by atoms with Gasteiger partial charge in [0.1, 0.15) is 5.69 Å². The maximum atomic E-state index is 12.3. The monoisotopic (exact) mass is 338 g/mol. The minimum atomic E-state index is -0.0991. The van der Waals surface area contributed by atoms with Crippen LogP contribution in [0.1, 0.15) is 28.0 Å². The average Bonchev–Trinajstić information content (AvgIpc) is 2.64. The molecule has 0 unspecified atom stereocenters. The molecule has 0 saturated heterocycles. The Hall–Kier alpha value is -2.40. The number of fused-ring (bicyclic) bond motifs is 1. The molecular weight excluding hydrogens is 312 g/mol. The fourth-order valence-corrected chi connectivity index (χ4v) is 3.14. The molecule has 3 rings (SSSR count). The SMILES string of the molecule is CN(C)CCCNC(=O)c1cc(N2CCc3ccccc3C2)ccn1. The van der Waals surface area contributed by atoms with Gasteiger partial charge in [-0.25, -0.2) is 0 Å². The number of carbonyl (C=O) groups excluding carboxylic acids is 1. The van der Waals surface area contributed by atoms with E-state index in [-0.39, 0.29) is 5.91 Å². The van der Waals surface area contributed by atoms with E-state index >= 15 is 0 Å². The van der Waals surface area contributed by atoms with E-state index in [1.165, 1.54) is 11.1 Å². The van der Waals surface area contributed by atoms with E-state index in [1.54, 1.807) is 6.20 Å². The second-order valence-corrected chi connectivity index (χ2v) is 6.75. The smallest absolute Gasteiger partial charge is 0.269 e. The maximum absolute atomic E-state index is 12.3. The number of nitrogens with one attached hydrogen (secondary N) is 1. The van der Waals surface area contributed by atoms with Crippen molar-refractivity contribution in [3.05, 3.63) is 59.4 Å². The van der Waals surface area contributed by atoms with Gasteiger partial charge in [0.25, 0.3) is 5.91 Å². The molecule has 1 amide bonds. The van der Waals surface area contributed by atoms with Crippen molar-refractivity contribution in [3.8, 4) is 0 Å². The van der Waals surface area contributed by atoms with Gasteiger partial charge in [-0.05, 0) is 56.7 Å². The zero-order valence-electron chi connectivity index (χ0n) is 15.0. The second kappa shape index (κ2) is 8.12. The standard InChI is InChI=1S/C20H26N4O/c1-23(2)12-5-10-22-20(25)19-14-18(8-11-21-19)24-13-9-16-6-3-4-7-17(16)15-24/h3-4,6-8,11,14H,5,9-10,12-13,15H2,1-2H3,(H,22,25). The highest BCUT2D eigenvalue weighted by Gasteiger charge is 2.17. The van der Waals surface area contributed by atoms with Crippen molar-refractivity contribution in [2.24, 2.45) is 0 Å². The van der Waals surface area contributed by atoms with E-state index < -0.39 is 0 Å². The minimum Gasteiger partial charge on any atom is -0.367 e. The number of pyridine rings is 1. The Kier molecular flexibility index (Phi) is 5.66. The first-order valence-corrected chi connectivity index (χ1v) is 8.84. The van der Waals surface area contributed by atoms with Crippen molar-refractivity contribution in [2.75, 3.05) is 38.6 Å². The first-order chi connectivity index (χ1) is 12.1. The van der Waals surface area contributed by atoms with E-state index in [0.717, 1.165) is 38.2 Å². The van der Waals surface area contributed by atoms with Gasteiger partial charge in [-0.15, -0.1) is 0 Å². The molecule has 0 aliphatic carbocycles. The third-order valence-electron chi connectivity index (χ3n) is 4.54. The number of hydrogen-bond acceptors (Lipinski definition) is 4. The number of amides is 1. The first kappa shape index (κ1) is 17.4. The molecule has 1 aliphatic rings. The highest BCUT2D eigenvalue weighted by Crippen LogP contribution is 2.24. The molecule has 0 bridgehead atoms. The van der Waals surface area contributed by atoms with Gasteiger partial charge in [-0.2, -0.15) is 0 Å². The lowest BCUT2D eigenvalue weighted by Gasteiger charge is -2.30. The topological polar surface area (TPSA) is 48.5 Å². The van der Waals surface area contributed by atoms with Crippen molar-refractivity contribution in [3.63, 3.8) is 0 Å². The van der Waals surface area contributed by atoms with Crippen LogP contribution in [0.15, 0.2) is 42.6 Å². The molecule has 1 aromatic heterocycles. The predicted molar refractivity (Wildman–Crippen MR) is 101 cm³/mol. The number of aromatic nitrogens is 1. The summed E-state index contributed by atoms with van der Waals surface area (Å²) in [5, 5.41) is 2.95. The Morgan fingerprint density at radius 2 is 2.04 bits per heavy atom. The quantitative estimate of drug-likeness (QED) is 0.821. The van der Waals surface area contributed by atoms with Crippen molar-refractivity contribution in [1.82, 2.24) is 15.2 Å². The van der Waals surface area contributed by atoms with Gasteiger partial charge in [-0.3, -0.25) is 9.78 Å². The fraction of sp³-hybridized carbons (Fsp3) is 0.400. The highest BCUT2D eigenvalue weighted by molar-refractivity contribution is 5.93. The number of anilines is 1. The summed E-state index contributed by atoms with van der Waals surface area (Å²) in [6, 6.07) is 12.4. The van der Waals surface area contributed by atoms with Crippen LogP contribution in [-0.2, 0) is 13.0 Å². The molecule has 1 N–H and O–H groups in total. The second-order valence-electron chi connectivity index (χ2n) is 6.75. The molecule has 1 aromatic carbocycles. The largest absolute Gasteiger partial charge is 0.367 e. The molecule has 0 fully saturated rings. The Morgan fingerprint density at radius 3 is 2.84 bits per heavy atom. The maximum Gasteiger partial charge on any atom is 0.269 e. The Balaban J connectivity index is 1.63. The summed E-state index contributed by atoms with van der Waals surface area (Å²) in [5.41, 5.74) is 4.33. The molecule has 1 aliphatic heterocycles. The summed E-state index contributed by atoms with van der Waals surface area (Å²) in [6.45, 7) is 3.47. The van der Waals surface area contributed by atoms with Crippen LogP contribution < -0.4 is 10.2 Å². The molecule has 0 spiro atoms. The van der Waals surface area contributed by atoms with Crippen molar-refractivity contribution in [1.29, 1.82) is 0 Å². The Morgan fingerprint density at radius 1 is 1.24 bits per heavy atom. The van der Waals surface area contributed by atoms with Crippen LogP contribution in [0.2, 0.25) is 0 Å². The molecule has 5 heteroatoms. The third kappa shape index (κ3) is 4.57. The van der Waals surface area contributed by atoms with Crippen LogP contribution >= 0.6 is 0 Å². The van der Waals surface area contributed by atoms with Gasteiger partial charge in [0, 0.05) is 31.5 Å². The van der Waals surface area contributed by atoms with E-state index in [1.807, 2.05) is 26.2 Å². The van der Waals surface area contributed by atoms with Gasteiger partial charge in [-0.1, -0.05) is 24.3 Å². The summed E-state index contributed by atoms with van der Waals surface area (Å²) in [5.74, 6) is -0.0991. The minimum absolute atomic E-state index is 0.0991. The lowest BCUT2D eigenvalue weighted by molar-refractivity contribution is 0.0947. The van der Waals surface area contributed by atoms with Crippen LogP contribution in [0.5, 0.6) is 0 Å². The van der Waals surface area contributed by atoms with Crippen LogP contribution in [0.25, 0.3) is 0 Å². The van der Waals surface area contributed by atoms with Crippen LogP contribution in [0, 0.1) is 0 Å². The molecule has 132 valence electrons. The van der Waals surface area contributed by atoms with Crippen molar-refractivity contribution < 1.29 is 4.79 Å². The number of benzene rings is 1. The molecule has 2 aromatic rings. The van der Waals surface area contributed by atoms with Gasteiger partial charge in [0.05, 0.1) is 0 Å². The van der Waals surface area contributed by atoms with E-state index in [2.05, 4.69) is 44.4 Å². The van der Waals surface area contributed by atoms with E-state index in [9.17, 15) is 4.79 Å². The van der Waals surface area contributed by atoms with E-state index in [0.29, 0.717) is 12.2 Å². The van der Waals surface area contributed by atoms with Crippen LogP contribution in [-0.4, -0.2) is 49.5 Å². The van der Waals surface area contributed by atoms with Gasteiger partial charge < -0.3 is 15.1 Å². The highest BCUT2D eigenvalue weighted by atomic mass is 16.1. The number of nitrogens with zero attached hydrogens (tertiary/aromatic N) is 3. The average molecular weight is 338 g/mol. The zero-order valence-corrected chi connectivity index (χ0v) is 15.0. The van der Waals surface area contributed by atoms with Gasteiger partial charge in [0.15, 0.2) is 0 Å². The van der Waals surface area contributed by atoms with E-state index in [4.69, 9.17) is 0 Å². The van der Waals surface area contributed by atoms with Gasteiger partial charge >= 0.3 is 0 Å². The zero-order chi connectivity index (χ0) is 17.6. The molecule has 25 heavy (non-hydrogen) atoms. The molecule has 0 saturated carbocycles. The van der Waals surface area contributed by atoms with Crippen molar-refractivity contribution in [2.45, 2.75) is 19.4 Å².